The molecule has 6 rings (SSSR count). The first-order valence-electron chi connectivity index (χ1n) is 31.0. The number of halogens is 2. The first kappa shape index (κ1) is 72.4. The lowest BCUT2D eigenvalue weighted by atomic mass is 10.1. The molecule has 29 heteroatoms. The maximum absolute atomic E-state index is 13.9. The topological polar surface area (TPSA) is 331 Å². The molecule has 3 fully saturated rings. The Morgan fingerprint density at radius 1 is 0.692 bits per heavy atom. The Hall–Kier alpha value is -7.62. The van der Waals surface area contributed by atoms with E-state index in [1.807, 2.05) is 24.0 Å². The summed E-state index contributed by atoms with van der Waals surface area (Å²) in [5, 5.41) is 49.8. The van der Waals surface area contributed by atoms with Crippen molar-refractivity contribution in [3.8, 4) is 11.8 Å². The molecular weight excluding hydrogens is 1200 g/mol. The number of hydrogen-bond donors (Lipinski definition) is 7. The van der Waals surface area contributed by atoms with E-state index < -0.39 is 79.1 Å². The Balaban J connectivity index is 0.920. The highest BCUT2D eigenvalue weighted by molar-refractivity contribution is 7.99. The molecule has 3 aromatic rings. The van der Waals surface area contributed by atoms with Gasteiger partial charge < -0.3 is 51.1 Å². The fraction of sp³-hybridized carbons (Fsp3) is 0.597. The van der Waals surface area contributed by atoms with Crippen molar-refractivity contribution in [1.82, 2.24) is 60.6 Å². The van der Waals surface area contributed by atoms with Crippen LogP contribution in [0, 0.1) is 18.3 Å². The van der Waals surface area contributed by atoms with Crippen LogP contribution in [0.2, 0.25) is 0 Å². The number of fused-ring (bicyclic) bond motifs is 1. The van der Waals surface area contributed by atoms with E-state index >= 15 is 0 Å². The van der Waals surface area contributed by atoms with Crippen molar-refractivity contribution < 1.29 is 72.0 Å². The van der Waals surface area contributed by atoms with Crippen LogP contribution in [0.4, 0.5) is 8.78 Å². The summed E-state index contributed by atoms with van der Waals surface area (Å²) in [6.07, 6.45) is 5.37. The summed E-state index contributed by atoms with van der Waals surface area (Å²) >= 11 is 1.39. The zero-order chi connectivity index (χ0) is 65.7. The zero-order valence-corrected chi connectivity index (χ0v) is 52.6. The van der Waals surface area contributed by atoms with Crippen molar-refractivity contribution in [3.63, 3.8) is 0 Å². The number of piperazine rings is 1. The van der Waals surface area contributed by atoms with Crippen molar-refractivity contribution in [2.24, 2.45) is 0 Å². The fourth-order valence-electron chi connectivity index (χ4n) is 10.9. The summed E-state index contributed by atoms with van der Waals surface area (Å²) in [5.74, 6) is -7.58. The van der Waals surface area contributed by atoms with E-state index in [0.29, 0.717) is 113 Å². The summed E-state index contributed by atoms with van der Waals surface area (Å²) in [4.78, 5) is 131. The number of pyridine rings is 1. The van der Waals surface area contributed by atoms with Crippen LogP contribution in [-0.4, -0.2) is 282 Å². The highest BCUT2D eigenvalue weighted by Gasteiger charge is 2.47. The minimum absolute atomic E-state index is 0.0448. The van der Waals surface area contributed by atoms with Crippen LogP contribution in [0.15, 0.2) is 54.7 Å². The molecular formula is C62H87F2N13O13S. The molecule has 91 heavy (non-hydrogen) atoms. The predicted molar refractivity (Wildman–Crippen MR) is 334 cm³/mol. The number of nitriles is 1. The Morgan fingerprint density at radius 2 is 1.31 bits per heavy atom. The van der Waals surface area contributed by atoms with Gasteiger partial charge in [0.1, 0.15) is 17.8 Å². The quantitative estimate of drug-likeness (QED) is 0.0425. The molecule has 3 aliphatic heterocycles. The summed E-state index contributed by atoms with van der Waals surface area (Å²) in [7, 11) is 0. The van der Waals surface area contributed by atoms with Gasteiger partial charge in [-0.1, -0.05) is 36.2 Å². The highest BCUT2D eigenvalue weighted by Crippen LogP contribution is 2.32. The fourth-order valence-corrected chi connectivity index (χ4v) is 11.8. The van der Waals surface area contributed by atoms with Crippen molar-refractivity contribution in [2.45, 2.75) is 82.7 Å². The number of nitrogens with zero attached hydrogens (tertiary/aromatic N) is 9. The lowest BCUT2D eigenvalue weighted by Crippen LogP contribution is -2.53. The maximum Gasteiger partial charge on any atom is 0.317 e. The van der Waals surface area contributed by atoms with E-state index in [1.54, 1.807) is 43.9 Å². The lowest BCUT2D eigenvalue weighted by molar-refractivity contribution is -0.140. The monoisotopic (exact) mass is 1290 g/mol. The minimum Gasteiger partial charge on any atom is -0.494 e. The minimum atomic E-state index is -3.18. The molecule has 1 aromatic heterocycles. The number of alkyl halides is 2. The number of thioether (sulfide) groups is 1. The van der Waals surface area contributed by atoms with Crippen LogP contribution in [0.25, 0.3) is 10.9 Å². The smallest absolute Gasteiger partial charge is 0.317 e. The molecule has 0 radical (unpaired) electrons. The molecule has 4 heterocycles. The van der Waals surface area contributed by atoms with Gasteiger partial charge in [-0.2, -0.15) is 17.0 Å². The molecule has 2 atom stereocenters. The number of aryl methyl sites for hydroxylation is 2. The number of hydrogen-bond acceptors (Lipinski definition) is 18. The van der Waals surface area contributed by atoms with E-state index in [9.17, 15) is 72.5 Å². The number of nitrogens with one attached hydrogen (secondary N) is 4. The zero-order valence-electron chi connectivity index (χ0n) is 51.8. The Kier molecular flexibility index (Phi) is 30.0. The molecule has 0 spiro atoms. The summed E-state index contributed by atoms with van der Waals surface area (Å²) in [6, 6.07) is 14.3. The number of carboxylic acid groups (broad SMARTS) is 3. The average molecular weight is 1290 g/mol. The normalized spacial score (nSPS) is 17.6. The third-order valence-corrected chi connectivity index (χ3v) is 17.0. The molecule has 0 saturated carbocycles. The van der Waals surface area contributed by atoms with Gasteiger partial charge in [-0.15, -0.1) is 0 Å². The van der Waals surface area contributed by atoms with Gasteiger partial charge in [0.05, 0.1) is 63.0 Å². The second-order valence-corrected chi connectivity index (χ2v) is 24.3. The van der Waals surface area contributed by atoms with Crippen LogP contribution in [0.1, 0.15) is 72.9 Å². The largest absolute Gasteiger partial charge is 0.494 e. The molecule has 3 saturated heterocycles. The number of unbranched alkanes of at least 4 members (excludes halogenated alkanes) is 2. The number of aromatic nitrogens is 1. The van der Waals surface area contributed by atoms with Gasteiger partial charge in [-0.25, -0.2) is 8.78 Å². The number of rotatable bonds is 33. The average Bonchev–Trinajstić information content (AvgIpc) is 1.89. The van der Waals surface area contributed by atoms with Gasteiger partial charge in [0.25, 0.3) is 11.8 Å². The third kappa shape index (κ3) is 26.3. The number of ether oxygens (including phenoxy) is 1. The number of aliphatic carboxylic acids is 3. The summed E-state index contributed by atoms with van der Waals surface area (Å²) in [5.41, 5.74) is 3.03. The van der Waals surface area contributed by atoms with Crippen LogP contribution in [0.5, 0.6) is 5.75 Å². The number of carboxylic acids is 3. The standard InChI is InChI=1S/C62H87F2N13O13S/c1-45-10-12-46(13-11-45)7-5-8-53(78)67-19-34-91-43-52(70-54(79)39-72-21-23-73(40-57(82)83)25-27-75(42-59(86)87)28-26-74(24-22-72)41-58(84)85)61(89)68-17-4-2-3-9-55(80)76-31-29-71(30-32-76)20-6-33-90-48-14-15-51-50(35-48)49(16-18-66-51)60(88)69-38-56(81)77-44-62(63,64)36-47(77)37-65/h10-16,18,35,47,52H,2-9,17,19-34,36,38-44H2,1H3,(H,67,78)(H,68,89)(H,69,88)(H,70,79)(H,82,83)(H,84,85)(H,86,87)/t47-,52?/m1/s1. The van der Waals surface area contributed by atoms with E-state index in [1.165, 1.54) is 24.0 Å². The third-order valence-electron chi connectivity index (χ3n) is 15.9. The second-order valence-electron chi connectivity index (χ2n) is 23.1. The number of carbonyl (C=O) groups is 9. The van der Waals surface area contributed by atoms with Crippen LogP contribution in [0.3, 0.4) is 0 Å². The first-order valence-corrected chi connectivity index (χ1v) is 32.2. The number of carbonyl (C=O) groups excluding carboxylic acids is 6. The molecule has 0 aliphatic carbocycles. The molecule has 0 bridgehead atoms. The van der Waals surface area contributed by atoms with Gasteiger partial charge in [0, 0.05) is 141 Å². The summed E-state index contributed by atoms with van der Waals surface area (Å²) in [6.45, 7) is 5.40. The molecule has 7 N–H and O–H groups in total. The van der Waals surface area contributed by atoms with Crippen LogP contribution in [-0.2, 0) is 44.8 Å². The van der Waals surface area contributed by atoms with Crippen molar-refractivity contribution in [2.75, 3.05) is 156 Å². The predicted octanol–water partition coefficient (Wildman–Crippen LogP) is 1.45. The number of amides is 6. The van der Waals surface area contributed by atoms with Crippen molar-refractivity contribution in [1.29, 1.82) is 5.26 Å². The van der Waals surface area contributed by atoms with Gasteiger partial charge in [0.2, 0.25) is 29.5 Å². The van der Waals surface area contributed by atoms with E-state index in [2.05, 4.69) is 43.3 Å². The maximum atomic E-state index is 13.9. The Labute approximate surface area is 533 Å². The van der Waals surface area contributed by atoms with Gasteiger partial charge in [-0.05, 0) is 68.9 Å². The van der Waals surface area contributed by atoms with Gasteiger partial charge in [0.15, 0.2) is 0 Å². The molecule has 6 amide bonds. The molecule has 498 valence electrons. The Morgan fingerprint density at radius 3 is 1.92 bits per heavy atom. The number of benzene rings is 2. The Bertz CT molecular complexity index is 2940. The van der Waals surface area contributed by atoms with Gasteiger partial charge >= 0.3 is 17.9 Å². The lowest BCUT2D eigenvalue weighted by Gasteiger charge is -2.34. The van der Waals surface area contributed by atoms with Gasteiger partial charge in [-0.3, -0.25) is 72.6 Å². The van der Waals surface area contributed by atoms with Crippen molar-refractivity contribution >= 4 is 76.0 Å². The molecule has 3 aliphatic rings. The van der Waals surface area contributed by atoms with E-state index in [4.69, 9.17) is 4.74 Å². The summed E-state index contributed by atoms with van der Waals surface area (Å²) < 4.78 is 33.8. The highest BCUT2D eigenvalue weighted by atomic mass is 32.2. The van der Waals surface area contributed by atoms with Crippen molar-refractivity contribution in [3.05, 3.63) is 71.4 Å². The second kappa shape index (κ2) is 37.6. The van der Waals surface area contributed by atoms with Crippen LogP contribution >= 0.6 is 11.8 Å². The first-order chi connectivity index (χ1) is 43.6. The van der Waals surface area contributed by atoms with Crippen LogP contribution < -0.4 is 26.0 Å². The number of likely N-dealkylation sites (tertiary alicyclic amines) is 1. The molecule has 2 aromatic carbocycles. The molecule has 26 nitrogen and oxygen atoms in total. The van der Waals surface area contributed by atoms with E-state index in [0.717, 1.165) is 29.0 Å². The molecule has 1 unspecified atom stereocenters. The SMILES string of the molecule is Cc1ccc(CCCC(=O)NCCSCC(NC(=O)CN2CCN(CC(=O)O)CCN(CC(=O)O)CCN(CC(=O)O)CC2)C(=O)NCCCCCC(=O)N2CCN(CCCOc3ccc4nccc(C(=O)NCC(=O)N5CC(F)(F)C[C@@H]5C#N)c4c3)CC2)cc1. The van der Waals surface area contributed by atoms with E-state index in [-0.39, 0.29) is 102 Å².